The summed E-state index contributed by atoms with van der Waals surface area (Å²) in [6.07, 6.45) is 6.07. The van der Waals surface area contributed by atoms with Crippen LogP contribution in [0.2, 0.25) is 5.02 Å². The Kier molecular flexibility index (Phi) is 4.68. The molecule has 0 bridgehead atoms. The highest BCUT2D eigenvalue weighted by Gasteiger charge is 2.15. The average molecular weight is 433 g/mol. The maximum atomic E-state index is 14.9. The van der Waals surface area contributed by atoms with E-state index < -0.39 is 5.82 Å². The van der Waals surface area contributed by atoms with E-state index in [0.717, 1.165) is 5.69 Å². The van der Waals surface area contributed by atoms with Crippen molar-refractivity contribution in [3.05, 3.63) is 107 Å². The lowest BCUT2D eigenvalue weighted by Gasteiger charge is -2.11. The van der Waals surface area contributed by atoms with Gasteiger partial charge in [-0.2, -0.15) is 15.3 Å². The topological polar surface area (TPSA) is 70.5 Å². The number of hydrogen-bond acceptors (Lipinski definition) is 4. The van der Waals surface area contributed by atoms with Crippen LogP contribution in [0.15, 0.2) is 90.2 Å². The van der Waals surface area contributed by atoms with Crippen molar-refractivity contribution < 1.29 is 4.39 Å². The molecule has 0 atom stereocenters. The van der Waals surface area contributed by atoms with E-state index in [0.29, 0.717) is 16.4 Å². The van der Waals surface area contributed by atoms with Crippen LogP contribution in [-0.4, -0.2) is 29.3 Å². The number of para-hydroxylation sites is 1. The van der Waals surface area contributed by atoms with Crippen LogP contribution in [0.3, 0.4) is 0 Å². The fourth-order valence-corrected chi connectivity index (χ4v) is 3.38. The lowest BCUT2D eigenvalue weighted by atomic mass is 10.2. The Labute approximate surface area is 180 Å². The summed E-state index contributed by atoms with van der Waals surface area (Å²) in [5, 5.41) is 13.2. The van der Waals surface area contributed by atoms with E-state index in [2.05, 4.69) is 15.3 Å². The van der Waals surface area contributed by atoms with Gasteiger partial charge in [0.05, 0.1) is 34.5 Å². The second kappa shape index (κ2) is 7.66. The summed E-state index contributed by atoms with van der Waals surface area (Å²) in [7, 11) is 0. The number of rotatable bonds is 4. The van der Waals surface area contributed by atoms with Gasteiger partial charge in [0, 0.05) is 24.5 Å². The monoisotopic (exact) mass is 432 g/mol. The summed E-state index contributed by atoms with van der Waals surface area (Å²) in [5.74, 6) is -0.525. The van der Waals surface area contributed by atoms with Crippen molar-refractivity contribution in [1.29, 1.82) is 0 Å². The Morgan fingerprint density at radius 3 is 2.48 bits per heavy atom. The van der Waals surface area contributed by atoms with E-state index in [1.54, 1.807) is 35.3 Å². The summed E-state index contributed by atoms with van der Waals surface area (Å²) in [4.78, 5) is 12.6. The Hall–Kier alpha value is -4.04. The molecule has 0 N–H and O–H groups in total. The predicted molar refractivity (Wildman–Crippen MR) is 114 cm³/mol. The Bertz CT molecular complexity index is 1440. The third kappa shape index (κ3) is 3.53. The van der Waals surface area contributed by atoms with Crippen molar-refractivity contribution >= 4 is 11.6 Å². The zero-order chi connectivity index (χ0) is 21.4. The van der Waals surface area contributed by atoms with Crippen LogP contribution in [0.5, 0.6) is 0 Å². The van der Waals surface area contributed by atoms with E-state index in [1.165, 1.54) is 33.9 Å². The predicted octanol–water partition coefficient (Wildman–Crippen LogP) is 4.06. The van der Waals surface area contributed by atoms with Crippen molar-refractivity contribution in [3.8, 4) is 28.5 Å². The summed E-state index contributed by atoms with van der Waals surface area (Å²) >= 11 is 5.89. The fourth-order valence-electron chi connectivity index (χ4n) is 3.24. The van der Waals surface area contributed by atoms with Crippen molar-refractivity contribution in [3.63, 3.8) is 0 Å². The second-order valence-corrected chi connectivity index (χ2v) is 7.11. The van der Waals surface area contributed by atoms with Crippen LogP contribution in [0.1, 0.15) is 0 Å². The van der Waals surface area contributed by atoms with Gasteiger partial charge in [0.15, 0.2) is 11.5 Å². The minimum atomic E-state index is -0.525. The second-order valence-electron chi connectivity index (χ2n) is 6.68. The maximum absolute atomic E-state index is 14.9. The summed E-state index contributed by atoms with van der Waals surface area (Å²) in [6, 6.07) is 17.0. The molecule has 2 aromatic carbocycles. The first-order valence-electron chi connectivity index (χ1n) is 9.30. The minimum absolute atomic E-state index is 0.159. The van der Waals surface area contributed by atoms with Crippen molar-refractivity contribution in [1.82, 2.24) is 29.3 Å². The smallest absolute Gasteiger partial charge is 0.209 e. The summed E-state index contributed by atoms with van der Waals surface area (Å²) in [5.41, 5.74) is 1.86. The van der Waals surface area contributed by atoms with Gasteiger partial charge < -0.3 is 0 Å². The molecule has 0 spiro atoms. The van der Waals surface area contributed by atoms with Gasteiger partial charge in [-0.05, 0) is 30.3 Å². The molecule has 31 heavy (non-hydrogen) atoms. The van der Waals surface area contributed by atoms with Crippen LogP contribution in [0, 0.1) is 5.82 Å². The van der Waals surface area contributed by atoms with Crippen LogP contribution in [-0.2, 0) is 0 Å². The lowest BCUT2D eigenvalue weighted by molar-refractivity contribution is 0.606. The molecule has 0 unspecified atom stereocenters. The zero-order valence-corrected chi connectivity index (χ0v) is 16.7. The Morgan fingerprint density at radius 1 is 0.903 bits per heavy atom. The molecule has 0 aliphatic heterocycles. The van der Waals surface area contributed by atoms with E-state index in [9.17, 15) is 9.18 Å². The molecule has 5 rings (SSSR count). The van der Waals surface area contributed by atoms with Gasteiger partial charge in [0.1, 0.15) is 5.69 Å². The maximum Gasteiger partial charge on any atom is 0.209 e. The first-order chi connectivity index (χ1) is 15.1. The lowest BCUT2D eigenvalue weighted by Crippen LogP contribution is -2.15. The highest BCUT2D eigenvalue weighted by Crippen LogP contribution is 2.21. The first-order valence-corrected chi connectivity index (χ1v) is 9.68. The van der Waals surface area contributed by atoms with Gasteiger partial charge in [0.25, 0.3) is 0 Å². The average Bonchev–Trinajstić information content (AvgIpc) is 3.44. The van der Waals surface area contributed by atoms with Crippen molar-refractivity contribution in [2.45, 2.75) is 0 Å². The van der Waals surface area contributed by atoms with Gasteiger partial charge in [-0.1, -0.05) is 29.8 Å². The summed E-state index contributed by atoms with van der Waals surface area (Å²) < 4.78 is 19.3. The molecule has 0 radical (unpaired) electrons. The van der Waals surface area contributed by atoms with E-state index >= 15 is 0 Å². The molecule has 0 fully saturated rings. The van der Waals surface area contributed by atoms with E-state index in [4.69, 9.17) is 11.6 Å². The molecular formula is C22H14ClFN6O. The number of halogens is 2. The van der Waals surface area contributed by atoms with Gasteiger partial charge in [-0.25, -0.2) is 18.4 Å². The highest BCUT2D eigenvalue weighted by molar-refractivity contribution is 6.30. The van der Waals surface area contributed by atoms with Gasteiger partial charge in [0.2, 0.25) is 5.43 Å². The molecule has 0 aliphatic rings. The quantitative estimate of drug-likeness (QED) is 0.429. The largest absolute Gasteiger partial charge is 0.287 e. The summed E-state index contributed by atoms with van der Waals surface area (Å²) in [6.45, 7) is 0. The molecular weight excluding hydrogens is 419 g/mol. The molecule has 152 valence electrons. The molecule has 0 aliphatic carbocycles. The molecule has 0 amide bonds. The third-order valence-corrected chi connectivity index (χ3v) is 4.88. The van der Waals surface area contributed by atoms with E-state index in [1.807, 2.05) is 30.3 Å². The number of benzene rings is 2. The number of aromatic nitrogens is 6. The third-order valence-electron chi connectivity index (χ3n) is 4.69. The van der Waals surface area contributed by atoms with Crippen LogP contribution in [0.25, 0.3) is 28.5 Å². The number of nitrogens with zero attached hydrogens (tertiary/aromatic N) is 6. The standard InChI is InChI=1S/C22H14ClFN6O/c23-15-13-26-29(14-15)17-6-7-19(18(24)12-17)28-11-9-21(31)22(27-28)20-8-10-25-30(20)16-4-2-1-3-5-16/h1-14H. The van der Waals surface area contributed by atoms with Crippen LogP contribution < -0.4 is 5.43 Å². The molecule has 7 nitrogen and oxygen atoms in total. The molecule has 3 aromatic heterocycles. The van der Waals surface area contributed by atoms with E-state index in [-0.39, 0.29) is 16.8 Å². The fraction of sp³-hybridized carbons (Fsp3) is 0. The van der Waals surface area contributed by atoms with Crippen LogP contribution in [0.4, 0.5) is 4.39 Å². The van der Waals surface area contributed by atoms with Crippen molar-refractivity contribution in [2.75, 3.05) is 0 Å². The van der Waals surface area contributed by atoms with Crippen molar-refractivity contribution in [2.24, 2.45) is 0 Å². The molecule has 5 aromatic rings. The van der Waals surface area contributed by atoms with Gasteiger partial charge in [-0.15, -0.1) is 0 Å². The van der Waals surface area contributed by atoms with Crippen LogP contribution >= 0.6 is 11.6 Å². The molecule has 0 saturated heterocycles. The van der Waals surface area contributed by atoms with Gasteiger partial charge >= 0.3 is 0 Å². The SMILES string of the molecule is O=c1ccn(-c2ccc(-n3cc(Cl)cn3)cc2F)nc1-c1ccnn1-c1ccccc1. The zero-order valence-electron chi connectivity index (χ0n) is 15.9. The normalized spacial score (nSPS) is 11.0. The molecule has 3 heterocycles. The Balaban J connectivity index is 1.58. The minimum Gasteiger partial charge on any atom is -0.287 e. The Morgan fingerprint density at radius 2 is 1.74 bits per heavy atom. The molecule has 0 saturated carbocycles. The van der Waals surface area contributed by atoms with Gasteiger partial charge in [-0.3, -0.25) is 4.79 Å². The number of hydrogen-bond donors (Lipinski definition) is 0. The first kappa shape index (κ1) is 19.0. The highest BCUT2D eigenvalue weighted by atomic mass is 35.5. The molecule has 9 heteroatoms.